The lowest BCUT2D eigenvalue weighted by Gasteiger charge is -2.26. The molecule has 0 bridgehead atoms. The van der Waals surface area contributed by atoms with E-state index in [1.807, 2.05) is 36.9 Å². The normalized spacial score (nSPS) is 14.8. The maximum atomic E-state index is 13.4. The van der Waals surface area contributed by atoms with E-state index in [1.54, 1.807) is 36.4 Å². The number of para-hydroxylation sites is 1. The van der Waals surface area contributed by atoms with E-state index in [0.717, 1.165) is 23.0 Å². The molecule has 1 N–H and O–H groups in total. The number of carbonyl (C=O) groups is 1. The minimum Gasteiger partial charge on any atom is -0.354 e. The van der Waals surface area contributed by atoms with Crippen molar-refractivity contribution in [2.24, 2.45) is 0 Å². The molecule has 0 unspecified atom stereocenters. The summed E-state index contributed by atoms with van der Waals surface area (Å²) in [5.74, 6) is 0.744. The number of rotatable bonds is 11. The Kier molecular flexibility index (Phi) is 9.48. The molecular formula is C25H34N2O3S2. The standard InChI is InChI=1S/C25H34N2O3S2/c1-2-21-12-9-10-17-24(21)27(32(29,30)23-15-7-4-8-16-23)20-25(28)26-18-11-19-31-22-13-5-3-6-14-22/h4,7-10,12,15-17,22H,2-3,5-6,11,13-14,18-20H2,1H3,(H,26,28). The Balaban J connectivity index is 1.64. The van der Waals surface area contributed by atoms with Crippen LogP contribution in [0, 0.1) is 0 Å². The van der Waals surface area contributed by atoms with Gasteiger partial charge in [-0.3, -0.25) is 9.10 Å². The topological polar surface area (TPSA) is 66.5 Å². The first kappa shape index (κ1) is 24.6. The monoisotopic (exact) mass is 474 g/mol. The Hall–Kier alpha value is -1.99. The maximum absolute atomic E-state index is 13.4. The lowest BCUT2D eigenvalue weighted by molar-refractivity contribution is -0.119. The summed E-state index contributed by atoms with van der Waals surface area (Å²) < 4.78 is 28.1. The van der Waals surface area contributed by atoms with E-state index >= 15 is 0 Å². The third kappa shape index (κ3) is 6.75. The lowest BCUT2D eigenvalue weighted by atomic mass is 10.0. The number of anilines is 1. The van der Waals surface area contributed by atoms with Gasteiger partial charge in [0.15, 0.2) is 0 Å². The van der Waals surface area contributed by atoms with Crippen LogP contribution in [0.5, 0.6) is 0 Å². The zero-order valence-electron chi connectivity index (χ0n) is 18.8. The number of amides is 1. The van der Waals surface area contributed by atoms with Crippen molar-refractivity contribution in [2.75, 3.05) is 23.1 Å². The van der Waals surface area contributed by atoms with Crippen LogP contribution >= 0.6 is 11.8 Å². The van der Waals surface area contributed by atoms with Crippen molar-refractivity contribution in [3.05, 3.63) is 60.2 Å². The molecule has 0 aromatic heterocycles. The van der Waals surface area contributed by atoms with Gasteiger partial charge in [0.2, 0.25) is 5.91 Å². The van der Waals surface area contributed by atoms with Gasteiger partial charge in [0.25, 0.3) is 10.0 Å². The number of carbonyl (C=O) groups excluding carboxylic acids is 1. The largest absolute Gasteiger partial charge is 0.354 e. The zero-order chi connectivity index (χ0) is 22.8. The van der Waals surface area contributed by atoms with Gasteiger partial charge in [0.05, 0.1) is 10.6 Å². The average molecular weight is 475 g/mol. The second kappa shape index (κ2) is 12.3. The first-order valence-electron chi connectivity index (χ1n) is 11.6. The molecule has 1 aliphatic carbocycles. The van der Waals surface area contributed by atoms with E-state index in [9.17, 15) is 13.2 Å². The minimum atomic E-state index is -3.86. The maximum Gasteiger partial charge on any atom is 0.264 e. The second-order valence-corrected chi connectivity index (χ2v) is 11.4. The molecule has 5 nitrogen and oxygen atoms in total. The van der Waals surface area contributed by atoms with E-state index in [-0.39, 0.29) is 17.3 Å². The molecule has 3 rings (SSSR count). The molecule has 1 aliphatic rings. The molecule has 7 heteroatoms. The van der Waals surface area contributed by atoms with E-state index in [0.29, 0.717) is 18.7 Å². The van der Waals surface area contributed by atoms with Gasteiger partial charge < -0.3 is 5.32 Å². The summed E-state index contributed by atoms with van der Waals surface area (Å²) in [6, 6.07) is 15.7. The Bertz CT molecular complexity index is 958. The summed E-state index contributed by atoms with van der Waals surface area (Å²) in [4.78, 5) is 12.9. The van der Waals surface area contributed by atoms with Gasteiger partial charge in [-0.2, -0.15) is 11.8 Å². The van der Waals surface area contributed by atoms with Gasteiger partial charge in [-0.05, 0) is 55.2 Å². The van der Waals surface area contributed by atoms with E-state index in [1.165, 1.54) is 36.4 Å². The molecule has 2 aromatic rings. The second-order valence-electron chi connectivity index (χ2n) is 8.14. The van der Waals surface area contributed by atoms with Crippen LogP contribution < -0.4 is 9.62 Å². The van der Waals surface area contributed by atoms with Crippen molar-refractivity contribution in [1.29, 1.82) is 0 Å². The third-order valence-corrected chi connectivity index (χ3v) is 9.05. The van der Waals surface area contributed by atoms with Crippen molar-refractivity contribution in [3.63, 3.8) is 0 Å². The summed E-state index contributed by atoms with van der Waals surface area (Å²) >= 11 is 2.01. The van der Waals surface area contributed by atoms with Crippen molar-refractivity contribution in [2.45, 2.75) is 62.0 Å². The Morgan fingerprint density at radius 1 is 1.03 bits per heavy atom. The SMILES string of the molecule is CCc1ccccc1N(CC(=O)NCCCSC1CCCCC1)S(=O)(=O)c1ccccc1. The smallest absolute Gasteiger partial charge is 0.264 e. The van der Waals surface area contributed by atoms with Crippen LogP contribution in [0.3, 0.4) is 0 Å². The summed E-state index contributed by atoms with van der Waals surface area (Å²) in [6.45, 7) is 2.31. The number of benzene rings is 2. The third-order valence-electron chi connectivity index (χ3n) is 5.81. The number of aryl methyl sites for hydroxylation is 1. The summed E-state index contributed by atoms with van der Waals surface area (Å²) in [6.07, 6.45) is 8.20. The van der Waals surface area contributed by atoms with Gasteiger partial charge in [-0.25, -0.2) is 8.42 Å². The van der Waals surface area contributed by atoms with Crippen LogP contribution in [0.2, 0.25) is 0 Å². The predicted octanol–water partition coefficient (Wildman–Crippen LogP) is 5.02. The summed E-state index contributed by atoms with van der Waals surface area (Å²) in [5.41, 5.74) is 1.45. The summed E-state index contributed by atoms with van der Waals surface area (Å²) in [5, 5.41) is 3.68. The summed E-state index contributed by atoms with van der Waals surface area (Å²) in [7, 11) is -3.86. The molecular weight excluding hydrogens is 440 g/mol. The van der Waals surface area contributed by atoms with Crippen LogP contribution in [0.15, 0.2) is 59.5 Å². The average Bonchev–Trinajstić information content (AvgIpc) is 2.83. The lowest BCUT2D eigenvalue weighted by Crippen LogP contribution is -2.41. The van der Waals surface area contributed by atoms with Crippen molar-refractivity contribution in [3.8, 4) is 0 Å². The zero-order valence-corrected chi connectivity index (χ0v) is 20.5. The molecule has 0 heterocycles. The van der Waals surface area contributed by atoms with Crippen LogP contribution in [-0.4, -0.2) is 38.4 Å². The van der Waals surface area contributed by atoms with E-state index in [2.05, 4.69) is 5.32 Å². The fraction of sp³-hybridized carbons (Fsp3) is 0.480. The van der Waals surface area contributed by atoms with Crippen molar-refractivity contribution >= 4 is 33.4 Å². The van der Waals surface area contributed by atoms with Crippen molar-refractivity contribution < 1.29 is 13.2 Å². The number of hydrogen-bond acceptors (Lipinski definition) is 4. The van der Waals surface area contributed by atoms with Crippen LogP contribution in [-0.2, 0) is 21.2 Å². The molecule has 32 heavy (non-hydrogen) atoms. The highest BCUT2D eigenvalue weighted by atomic mass is 32.2. The molecule has 174 valence electrons. The fourth-order valence-electron chi connectivity index (χ4n) is 4.04. The first-order valence-corrected chi connectivity index (χ1v) is 14.0. The number of nitrogens with zero attached hydrogens (tertiary/aromatic N) is 1. The van der Waals surface area contributed by atoms with Gasteiger partial charge in [-0.15, -0.1) is 0 Å². The number of nitrogens with one attached hydrogen (secondary N) is 1. The first-order chi connectivity index (χ1) is 15.5. The Morgan fingerprint density at radius 3 is 2.44 bits per heavy atom. The van der Waals surface area contributed by atoms with Crippen LogP contribution in [0.4, 0.5) is 5.69 Å². The predicted molar refractivity (Wildman–Crippen MR) is 134 cm³/mol. The fourth-order valence-corrected chi connectivity index (χ4v) is 6.83. The van der Waals surface area contributed by atoms with Gasteiger partial charge in [0.1, 0.15) is 6.54 Å². The molecule has 0 radical (unpaired) electrons. The molecule has 1 saturated carbocycles. The quantitative estimate of drug-likeness (QED) is 0.465. The molecule has 0 spiro atoms. The molecule has 2 aromatic carbocycles. The Labute approximate surface area is 197 Å². The Morgan fingerprint density at radius 2 is 1.72 bits per heavy atom. The highest BCUT2D eigenvalue weighted by molar-refractivity contribution is 7.99. The highest BCUT2D eigenvalue weighted by Crippen LogP contribution is 2.29. The van der Waals surface area contributed by atoms with E-state index in [4.69, 9.17) is 0 Å². The molecule has 1 fully saturated rings. The van der Waals surface area contributed by atoms with Gasteiger partial charge >= 0.3 is 0 Å². The van der Waals surface area contributed by atoms with Gasteiger partial charge in [0, 0.05) is 11.8 Å². The van der Waals surface area contributed by atoms with Crippen LogP contribution in [0.1, 0.15) is 51.0 Å². The van der Waals surface area contributed by atoms with Crippen LogP contribution in [0.25, 0.3) is 0 Å². The molecule has 0 saturated heterocycles. The highest BCUT2D eigenvalue weighted by Gasteiger charge is 2.28. The van der Waals surface area contributed by atoms with Gasteiger partial charge in [-0.1, -0.05) is 62.6 Å². The van der Waals surface area contributed by atoms with E-state index < -0.39 is 10.0 Å². The van der Waals surface area contributed by atoms with Crippen molar-refractivity contribution in [1.82, 2.24) is 5.32 Å². The molecule has 0 atom stereocenters. The number of sulfonamides is 1. The number of hydrogen-bond donors (Lipinski definition) is 1. The molecule has 1 amide bonds. The molecule has 0 aliphatic heterocycles. The number of thioether (sulfide) groups is 1. The minimum absolute atomic E-state index is 0.183.